The first-order valence-corrected chi connectivity index (χ1v) is 6.54. The molecule has 2 rings (SSSR count). The number of nitrogens with two attached hydrogens (primary N) is 1. The lowest BCUT2D eigenvalue weighted by Gasteiger charge is -2.37. The standard InChI is InChI=1S/C14H20N4O2/c1-17(8-10-6-4-3-5-7-10)9-11-12(15)18(2)14(20)16-13(11)19/h3-7,11-12H,8-9,15H2,1-2H3,(H,16,19,20). The van der Waals surface area contributed by atoms with Crippen LogP contribution in [0.2, 0.25) is 0 Å². The minimum absolute atomic E-state index is 0.305. The van der Waals surface area contributed by atoms with Gasteiger partial charge in [-0.2, -0.15) is 0 Å². The molecule has 1 fully saturated rings. The molecule has 108 valence electrons. The van der Waals surface area contributed by atoms with E-state index in [4.69, 9.17) is 5.73 Å². The zero-order chi connectivity index (χ0) is 14.7. The fourth-order valence-corrected chi connectivity index (χ4v) is 2.33. The summed E-state index contributed by atoms with van der Waals surface area (Å²) in [4.78, 5) is 26.7. The molecule has 1 aromatic carbocycles. The van der Waals surface area contributed by atoms with E-state index in [1.807, 2.05) is 42.3 Å². The summed E-state index contributed by atoms with van der Waals surface area (Å²) < 4.78 is 0. The van der Waals surface area contributed by atoms with Crippen LogP contribution in [-0.2, 0) is 11.3 Å². The minimum Gasteiger partial charge on any atom is -0.311 e. The average Bonchev–Trinajstić information content (AvgIpc) is 2.42. The molecule has 1 aromatic rings. The molecule has 3 amide bonds. The number of amides is 3. The van der Waals surface area contributed by atoms with Crippen molar-refractivity contribution in [3.8, 4) is 0 Å². The number of hydrogen-bond donors (Lipinski definition) is 2. The molecule has 0 saturated carbocycles. The third-order valence-corrected chi connectivity index (χ3v) is 3.55. The van der Waals surface area contributed by atoms with Gasteiger partial charge in [0.25, 0.3) is 0 Å². The molecule has 20 heavy (non-hydrogen) atoms. The molecule has 1 heterocycles. The number of nitrogens with zero attached hydrogens (tertiary/aromatic N) is 2. The topological polar surface area (TPSA) is 78.7 Å². The van der Waals surface area contributed by atoms with Crippen molar-refractivity contribution in [2.75, 3.05) is 20.6 Å². The largest absolute Gasteiger partial charge is 0.325 e. The van der Waals surface area contributed by atoms with Gasteiger partial charge < -0.3 is 15.5 Å². The van der Waals surface area contributed by atoms with Crippen molar-refractivity contribution >= 4 is 11.9 Å². The normalized spacial score (nSPS) is 23.1. The van der Waals surface area contributed by atoms with Crippen LogP contribution in [0.1, 0.15) is 5.56 Å². The lowest BCUT2D eigenvalue weighted by molar-refractivity contribution is -0.128. The van der Waals surface area contributed by atoms with Gasteiger partial charge in [0.05, 0.1) is 12.1 Å². The van der Waals surface area contributed by atoms with Gasteiger partial charge in [-0.15, -0.1) is 0 Å². The zero-order valence-electron chi connectivity index (χ0n) is 11.7. The molecule has 0 bridgehead atoms. The Morgan fingerprint density at radius 1 is 1.30 bits per heavy atom. The van der Waals surface area contributed by atoms with E-state index < -0.39 is 18.1 Å². The lowest BCUT2D eigenvalue weighted by Crippen LogP contribution is -2.64. The van der Waals surface area contributed by atoms with Gasteiger partial charge in [0.15, 0.2) is 0 Å². The maximum absolute atomic E-state index is 11.9. The van der Waals surface area contributed by atoms with Crippen LogP contribution in [0.3, 0.4) is 0 Å². The highest BCUT2D eigenvalue weighted by molar-refractivity contribution is 5.98. The molecule has 0 aliphatic carbocycles. The molecule has 0 radical (unpaired) electrons. The van der Waals surface area contributed by atoms with Crippen molar-refractivity contribution < 1.29 is 9.59 Å². The first kappa shape index (κ1) is 14.5. The van der Waals surface area contributed by atoms with Crippen molar-refractivity contribution in [1.29, 1.82) is 0 Å². The van der Waals surface area contributed by atoms with Crippen LogP contribution in [0.15, 0.2) is 30.3 Å². The second-order valence-corrected chi connectivity index (χ2v) is 5.18. The summed E-state index contributed by atoms with van der Waals surface area (Å²) in [6.45, 7) is 1.23. The van der Waals surface area contributed by atoms with Gasteiger partial charge in [0.2, 0.25) is 5.91 Å². The third kappa shape index (κ3) is 3.15. The number of rotatable bonds is 4. The quantitative estimate of drug-likeness (QED) is 0.823. The van der Waals surface area contributed by atoms with Gasteiger partial charge in [0, 0.05) is 20.1 Å². The number of urea groups is 1. The smallest absolute Gasteiger partial charge is 0.311 e. The maximum atomic E-state index is 11.9. The van der Waals surface area contributed by atoms with Crippen LogP contribution >= 0.6 is 0 Å². The molecule has 3 N–H and O–H groups in total. The maximum Gasteiger partial charge on any atom is 0.325 e. The van der Waals surface area contributed by atoms with Gasteiger partial charge >= 0.3 is 6.03 Å². The molecule has 0 aromatic heterocycles. The molecule has 0 spiro atoms. The van der Waals surface area contributed by atoms with E-state index in [1.165, 1.54) is 10.5 Å². The van der Waals surface area contributed by atoms with Gasteiger partial charge in [-0.1, -0.05) is 30.3 Å². The van der Waals surface area contributed by atoms with Gasteiger partial charge in [-0.3, -0.25) is 10.1 Å². The first-order valence-electron chi connectivity index (χ1n) is 6.54. The fourth-order valence-electron chi connectivity index (χ4n) is 2.33. The van der Waals surface area contributed by atoms with Crippen molar-refractivity contribution in [3.05, 3.63) is 35.9 Å². The van der Waals surface area contributed by atoms with E-state index >= 15 is 0 Å². The van der Waals surface area contributed by atoms with Gasteiger partial charge in [-0.25, -0.2) is 4.79 Å². The minimum atomic E-state index is -0.588. The van der Waals surface area contributed by atoms with E-state index in [0.717, 1.165) is 6.54 Å². The highest BCUT2D eigenvalue weighted by atomic mass is 16.2. The molecule has 2 unspecified atom stereocenters. The molecule has 1 saturated heterocycles. The predicted octanol–water partition coefficient (Wildman–Crippen LogP) is 0.201. The summed E-state index contributed by atoms with van der Waals surface area (Å²) >= 11 is 0. The highest BCUT2D eigenvalue weighted by Gasteiger charge is 2.37. The third-order valence-electron chi connectivity index (χ3n) is 3.55. The average molecular weight is 276 g/mol. The Balaban J connectivity index is 1.98. The predicted molar refractivity (Wildman–Crippen MR) is 75.5 cm³/mol. The number of carbonyl (C=O) groups excluding carboxylic acids is 2. The monoisotopic (exact) mass is 276 g/mol. The van der Waals surface area contributed by atoms with Gasteiger partial charge in [0.1, 0.15) is 0 Å². The van der Waals surface area contributed by atoms with E-state index in [0.29, 0.717) is 6.54 Å². The Morgan fingerprint density at radius 2 is 1.95 bits per heavy atom. The van der Waals surface area contributed by atoms with Crippen LogP contribution in [0, 0.1) is 5.92 Å². The van der Waals surface area contributed by atoms with Crippen molar-refractivity contribution in [3.63, 3.8) is 0 Å². The van der Waals surface area contributed by atoms with Crippen LogP contribution in [0.4, 0.5) is 4.79 Å². The van der Waals surface area contributed by atoms with Crippen molar-refractivity contribution in [1.82, 2.24) is 15.1 Å². The Hall–Kier alpha value is -1.92. The molecule has 6 nitrogen and oxygen atoms in total. The molecular formula is C14H20N4O2. The zero-order valence-corrected chi connectivity index (χ0v) is 11.7. The molecule has 1 aliphatic rings. The summed E-state index contributed by atoms with van der Waals surface area (Å²) in [5.74, 6) is -0.730. The number of benzene rings is 1. The number of hydrogen-bond acceptors (Lipinski definition) is 4. The molecule has 1 aliphatic heterocycles. The molecule has 6 heteroatoms. The summed E-state index contributed by atoms with van der Waals surface area (Å²) in [6.07, 6.45) is -0.588. The Morgan fingerprint density at radius 3 is 2.60 bits per heavy atom. The van der Waals surface area contributed by atoms with Gasteiger partial charge in [-0.05, 0) is 12.6 Å². The summed E-state index contributed by atoms with van der Waals surface area (Å²) in [6, 6.07) is 9.56. The van der Waals surface area contributed by atoms with Crippen molar-refractivity contribution in [2.45, 2.75) is 12.7 Å². The van der Waals surface area contributed by atoms with Crippen LogP contribution < -0.4 is 11.1 Å². The summed E-state index contributed by atoms with van der Waals surface area (Å²) in [5, 5.41) is 2.32. The Bertz CT molecular complexity index is 491. The van der Waals surface area contributed by atoms with Crippen LogP contribution in [0.5, 0.6) is 0 Å². The number of carbonyl (C=O) groups is 2. The van der Waals surface area contributed by atoms with Crippen LogP contribution in [-0.4, -0.2) is 48.5 Å². The lowest BCUT2D eigenvalue weighted by atomic mass is 10.0. The first-order chi connectivity index (χ1) is 9.49. The molecule has 2 atom stereocenters. The number of imide groups is 1. The highest BCUT2D eigenvalue weighted by Crippen LogP contribution is 2.14. The summed E-state index contributed by atoms with van der Waals surface area (Å²) in [5.41, 5.74) is 7.13. The van der Waals surface area contributed by atoms with E-state index in [1.54, 1.807) is 7.05 Å². The second-order valence-electron chi connectivity index (χ2n) is 5.18. The van der Waals surface area contributed by atoms with E-state index in [9.17, 15) is 9.59 Å². The second kappa shape index (κ2) is 6.02. The Labute approximate surface area is 118 Å². The van der Waals surface area contributed by atoms with Crippen LogP contribution in [0.25, 0.3) is 0 Å². The van der Waals surface area contributed by atoms with Crippen molar-refractivity contribution in [2.24, 2.45) is 11.7 Å². The molecular weight excluding hydrogens is 256 g/mol. The number of nitrogens with one attached hydrogen (secondary N) is 1. The van der Waals surface area contributed by atoms with E-state index in [-0.39, 0.29) is 5.91 Å². The summed E-state index contributed by atoms with van der Waals surface area (Å²) in [7, 11) is 3.53. The SMILES string of the molecule is CN(Cc1ccccc1)CC1C(=O)NC(=O)N(C)C1N. The Kier molecular flexibility index (Phi) is 4.36. The fraction of sp³-hybridized carbons (Fsp3) is 0.429. The van der Waals surface area contributed by atoms with E-state index in [2.05, 4.69) is 5.32 Å².